The summed E-state index contributed by atoms with van der Waals surface area (Å²) < 4.78 is 1.00. The number of hydrogen-bond acceptors (Lipinski definition) is 2. The summed E-state index contributed by atoms with van der Waals surface area (Å²) in [6.07, 6.45) is 2.25. The summed E-state index contributed by atoms with van der Waals surface area (Å²) in [7, 11) is 0. The molecule has 1 aliphatic heterocycles. The Balaban J connectivity index is 1.94. The van der Waals surface area contributed by atoms with Gasteiger partial charge in [0.1, 0.15) is 0 Å². The predicted molar refractivity (Wildman–Crippen MR) is 81.7 cm³/mol. The Labute approximate surface area is 122 Å². The first-order chi connectivity index (χ1) is 8.61. The first kappa shape index (κ1) is 13.8. The highest BCUT2D eigenvalue weighted by Crippen LogP contribution is 2.26. The fraction of sp³-hybridized carbons (Fsp3) is 0.500. The van der Waals surface area contributed by atoms with Crippen LogP contribution in [0.1, 0.15) is 30.1 Å². The number of piperidine rings is 1. The fourth-order valence-corrected chi connectivity index (χ4v) is 2.87. The lowest BCUT2D eigenvalue weighted by molar-refractivity contribution is 0.0921. The molecule has 1 fully saturated rings. The van der Waals surface area contributed by atoms with E-state index in [1.807, 2.05) is 24.3 Å². The van der Waals surface area contributed by atoms with Gasteiger partial charge in [-0.25, -0.2) is 0 Å². The molecule has 0 radical (unpaired) electrons. The highest BCUT2D eigenvalue weighted by molar-refractivity contribution is 14.1. The van der Waals surface area contributed by atoms with Crippen molar-refractivity contribution in [1.29, 1.82) is 0 Å². The molecule has 0 bridgehead atoms. The lowest BCUT2D eigenvalue weighted by Gasteiger charge is -2.34. The Morgan fingerprint density at radius 1 is 1.39 bits per heavy atom. The SMILES string of the molecule is CC1(CNC(=O)c2ccccc2I)CCNCC1. The van der Waals surface area contributed by atoms with Crippen molar-refractivity contribution >= 4 is 28.5 Å². The number of nitrogens with one attached hydrogen (secondary N) is 2. The lowest BCUT2D eigenvalue weighted by atomic mass is 9.81. The Morgan fingerprint density at radius 2 is 2.06 bits per heavy atom. The molecular weight excluding hydrogens is 339 g/mol. The van der Waals surface area contributed by atoms with Gasteiger partial charge in [-0.3, -0.25) is 4.79 Å². The van der Waals surface area contributed by atoms with E-state index in [2.05, 4.69) is 40.1 Å². The number of benzene rings is 1. The highest BCUT2D eigenvalue weighted by atomic mass is 127. The predicted octanol–water partition coefficient (Wildman–Crippen LogP) is 2.41. The molecule has 0 spiro atoms. The second-order valence-electron chi connectivity index (χ2n) is 5.22. The number of halogens is 1. The van der Waals surface area contributed by atoms with Crippen LogP contribution in [0.5, 0.6) is 0 Å². The van der Waals surface area contributed by atoms with Crippen LogP contribution >= 0.6 is 22.6 Å². The molecule has 1 aromatic rings. The third kappa shape index (κ3) is 3.45. The Kier molecular flexibility index (Phi) is 4.61. The zero-order chi connectivity index (χ0) is 13.0. The maximum Gasteiger partial charge on any atom is 0.252 e. The minimum atomic E-state index is 0.0414. The first-order valence-electron chi connectivity index (χ1n) is 6.34. The molecule has 2 N–H and O–H groups in total. The summed E-state index contributed by atoms with van der Waals surface area (Å²) in [6.45, 7) is 5.12. The first-order valence-corrected chi connectivity index (χ1v) is 7.42. The average Bonchev–Trinajstić information content (AvgIpc) is 2.38. The normalized spacial score (nSPS) is 18.3. The van der Waals surface area contributed by atoms with Gasteiger partial charge in [0.2, 0.25) is 0 Å². The number of hydrogen-bond donors (Lipinski definition) is 2. The number of carbonyl (C=O) groups excluding carboxylic acids is 1. The fourth-order valence-electron chi connectivity index (χ4n) is 2.24. The third-order valence-corrected chi connectivity index (χ3v) is 4.55. The van der Waals surface area contributed by atoms with Crippen molar-refractivity contribution in [1.82, 2.24) is 10.6 Å². The van der Waals surface area contributed by atoms with Gasteiger partial charge in [-0.2, -0.15) is 0 Å². The molecule has 0 saturated carbocycles. The van der Waals surface area contributed by atoms with Gasteiger partial charge >= 0.3 is 0 Å². The van der Waals surface area contributed by atoms with E-state index in [0.29, 0.717) is 0 Å². The van der Waals surface area contributed by atoms with Crippen molar-refractivity contribution in [2.75, 3.05) is 19.6 Å². The summed E-state index contributed by atoms with van der Waals surface area (Å²) in [6, 6.07) is 7.69. The molecule has 1 saturated heterocycles. The zero-order valence-corrected chi connectivity index (χ0v) is 12.8. The maximum absolute atomic E-state index is 12.1. The molecule has 1 aromatic carbocycles. The summed E-state index contributed by atoms with van der Waals surface area (Å²) in [5.41, 5.74) is 1.01. The smallest absolute Gasteiger partial charge is 0.252 e. The van der Waals surface area contributed by atoms with Crippen LogP contribution in [0.3, 0.4) is 0 Å². The van der Waals surface area contributed by atoms with Crippen LogP contribution in [0, 0.1) is 8.99 Å². The largest absolute Gasteiger partial charge is 0.351 e. The summed E-state index contributed by atoms with van der Waals surface area (Å²) in [5, 5.41) is 6.43. The minimum absolute atomic E-state index is 0.0414. The van der Waals surface area contributed by atoms with Gasteiger partial charge in [0.15, 0.2) is 0 Å². The van der Waals surface area contributed by atoms with Gasteiger partial charge in [-0.05, 0) is 66.1 Å². The van der Waals surface area contributed by atoms with Crippen LogP contribution < -0.4 is 10.6 Å². The summed E-state index contributed by atoms with van der Waals surface area (Å²) in [5.74, 6) is 0.0414. The average molecular weight is 358 g/mol. The Bertz CT molecular complexity index is 428. The van der Waals surface area contributed by atoms with E-state index in [9.17, 15) is 4.79 Å². The molecule has 1 heterocycles. The van der Waals surface area contributed by atoms with Crippen LogP contribution in [0.25, 0.3) is 0 Å². The van der Waals surface area contributed by atoms with Crippen LogP contribution in [-0.2, 0) is 0 Å². The molecule has 4 heteroatoms. The van der Waals surface area contributed by atoms with Crippen molar-refractivity contribution in [3.05, 3.63) is 33.4 Å². The van der Waals surface area contributed by atoms with E-state index >= 15 is 0 Å². The monoisotopic (exact) mass is 358 g/mol. The summed E-state index contributed by atoms with van der Waals surface area (Å²) >= 11 is 2.20. The molecule has 18 heavy (non-hydrogen) atoms. The maximum atomic E-state index is 12.1. The molecule has 1 amide bonds. The van der Waals surface area contributed by atoms with E-state index in [4.69, 9.17) is 0 Å². The van der Waals surface area contributed by atoms with Crippen LogP contribution in [0.2, 0.25) is 0 Å². The Hall–Kier alpha value is -0.620. The van der Waals surface area contributed by atoms with E-state index < -0.39 is 0 Å². The number of rotatable bonds is 3. The molecule has 98 valence electrons. The van der Waals surface area contributed by atoms with E-state index in [-0.39, 0.29) is 11.3 Å². The van der Waals surface area contributed by atoms with E-state index in [0.717, 1.165) is 41.6 Å². The minimum Gasteiger partial charge on any atom is -0.351 e. The van der Waals surface area contributed by atoms with Crippen molar-refractivity contribution in [2.24, 2.45) is 5.41 Å². The number of carbonyl (C=O) groups is 1. The molecule has 0 aliphatic carbocycles. The molecule has 1 aliphatic rings. The topological polar surface area (TPSA) is 41.1 Å². The van der Waals surface area contributed by atoms with Crippen molar-refractivity contribution in [3.63, 3.8) is 0 Å². The van der Waals surface area contributed by atoms with Crippen molar-refractivity contribution in [2.45, 2.75) is 19.8 Å². The number of amides is 1. The lowest BCUT2D eigenvalue weighted by Crippen LogP contribution is -2.43. The van der Waals surface area contributed by atoms with Gasteiger partial charge in [-0.15, -0.1) is 0 Å². The van der Waals surface area contributed by atoms with Crippen LogP contribution in [-0.4, -0.2) is 25.5 Å². The van der Waals surface area contributed by atoms with E-state index in [1.54, 1.807) is 0 Å². The third-order valence-electron chi connectivity index (χ3n) is 3.60. The second-order valence-corrected chi connectivity index (χ2v) is 6.39. The highest BCUT2D eigenvalue weighted by Gasteiger charge is 2.27. The molecule has 0 unspecified atom stereocenters. The van der Waals surface area contributed by atoms with E-state index in [1.165, 1.54) is 0 Å². The zero-order valence-electron chi connectivity index (χ0n) is 10.6. The molecular formula is C14H19IN2O. The van der Waals surface area contributed by atoms with Crippen LogP contribution in [0.4, 0.5) is 0 Å². The van der Waals surface area contributed by atoms with Gasteiger partial charge < -0.3 is 10.6 Å². The molecule has 2 rings (SSSR count). The van der Waals surface area contributed by atoms with Crippen molar-refractivity contribution in [3.8, 4) is 0 Å². The van der Waals surface area contributed by atoms with Gasteiger partial charge in [-0.1, -0.05) is 19.1 Å². The molecule has 0 aromatic heterocycles. The van der Waals surface area contributed by atoms with Gasteiger partial charge in [0.25, 0.3) is 5.91 Å². The van der Waals surface area contributed by atoms with Crippen molar-refractivity contribution < 1.29 is 4.79 Å². The quantitative estimate of drug-likeness (QED) is 0.815. The van der Waals surface area contributed by atoms with Gasteiger partial charge in [0, 0.05) is 10.1 Å². The van der Waals surface area contributed by atoms with Crippen LogP contribution in [0.15, 0.2) is 24.3 Å². The Morgan fingerprint density at radius 3 is 2.72 bits per heavy atom. The second kappa shape index (κ2) is 6.02. The van der Waals surface area contributed by atoms with Gasteiger partial charge in [0.05, 0.1) is 5.56 Å². The molecule has 0 atom stereocenters. The molecule has 3 nitrogen and oxygen atoms in total. The summed E-state index contributed by atoms with van der Waals surface area (Å²) in [4.78, 5) is 12.1. The standard InChI is InChI=1S/C14H19IN2O/c1-14(6-8-16-9-7-14)10-17-13(18)11-4-2-3-5-12(11)15/h2-5,16H,6-10H2,1H3,(H,17,18).